The van der Waals surface area contributed by atoms with Gasteiger partial charge in [-0.05, 0) is 60.6 Å². The van der Waals surface area contributed by atoms with Crippen LogP contribution in [0.4, 0.5) is 0 Å². The minimum atomic E-state index is -0.462. The number of aliphatic hydroxyl groups is 1. The lowest BCUT2D eigenvalue weighted by Gasteiger charge is -2.39. The normalized spacial score (nSPS) is 17.4. The third kappa shape index (κ3) is 9.53. The summed E-state index contributed by atoms with van der Waals surface area (Å²) in [6.45, 7) is 16.8. The molecule has 1 aliphatic rings. The third-order valence-corrected chi connectivity index (χ3v) is 7.39. The van der Waals surface area contributed by atoms with Crippen LogP contribution in [0.15, 0.2) is 54.6 Å². The van der Waals surface area contributed by atoms with Gasteiger partial charge in [-0.25, -0.2) is 0 Å². The van der Waals surface area contributed by atoms with E-state index < -0.39 is 6.10 Å². The molecule has 2 aromatic rings. The van der Waals surface area contributed by atoms with E-state index in [0.29, 0.717) is 19.8 Å². The fraction of sp³-hybridized carbons (Fsp3) is 0.625. The van der Waals surface area contributed by atoms with E-state index in [0.717, 1.165) is 42.8 Å². The molecule has 1 heterocycles. The quantitative estimate of drug-likeness (QED) is 0.261. The minimum absolute atomic E-state index is 0.129. The number of hydrogen-bond donors (Lipinski definition) is 1. The molecule has 1 saturated heterocycles. The lowest BCUT2D eigenvalue weighted by Crippen LogP contribution is -2.53. The predicted molar refractivity (Wildman–Crippen MR) is 149 cm³/mol. The van der Waals surface area contributed by atoms with Crippen molar-refractivity contribution in [3.05, 3.63) is 65.7 Å². The fourth-order valence-corrected chi connectivity index (χ4v) is 6.10. The lowest BCUT2D eigenvalue weighted by molar-refractivity contribution is -0.943. The minimum Gasteiger partial charge on any atom is -0.491 e. The third-order valence-electron chi connectivity index (χ3n) is 7.39. The van der Waals surface area contributed by atoms with Gasteiger partial charge in [-0.2, -0.15) is 0 Å². The second-order valence-corrected chi connectivity index (χ2v) is 12.8. The van der Waals surface area contributed by atoms with Crippen LogP contribution in [0.1, 0.15) is 77.8 Å². The van der Waals surface area contributed by atoms with Crippen LogP contribution in [0.3, 0.4) is 0 Å². The van der Waals surface area contributed by atoms with Crippen LogP contribution in [0.5, 0.6) is 5.75 Å². The van der Waals surface area contributed by atoms with Crippen LogP contribution in [0, 0.1) is 5.41 Å². The number of quaternary nitrogens is 1. The molecule has 4 nitrogen and oxygen atoms in total. The molecular formula is C32H50NO3+. The molecule has 200 valence electrons. The highest BCUT2D eigenvalue weighted by Gasteiger charge is 2.32. The van der Waals surface area contributed by atoms with Gasteiger partial charge in [-0.3, -0.25) is 0 Å². The first-order valence-electron chi connectivity index (χ1n) is 14.0. The molecule has 1 N–H and O–H groups in total. The smallest absolute Gasteiger partial charge is 0.126 e. The van der Waals surface area contributed by atoms with Gasteiger partial charge in [0.2, 0.25) is 0 Å². The summed E-state index contributed by atoms with van der Waals surface area (Å²) in [5.41, 5.74) is 3.11. The second-order valence-electron chi connectivity index (χ2n) is 12.8. The van der Waals surface area contributed by atoms with E-state index in [1.54, 1.807) is 0 Å². The van der Waals surface area contributed by atoms with Crippen LogP contribution >= 0.6 is 0 Å². The highest BCUT2D eigenvalue weighted by Crippen LogP contribution is 2.36. The van der Waals surface area contributed by atoms with Gasteiger partial charge in [0.1, 0.15) is 31.5 Å². The topological polar surface area (TPSA) is 38.7 Å². The Bertz CT molecular complexity index is 878. The number of aliphatic hydroxyl groups excluding tert-OH is 1. The number of nitrogens with zero attached hydrogens (tertiary/aromatic N) is 1. The predicted octanol–water partition coefficient (Wildman–Crippen LogP) is 6.75. The number of likely N-dealkylation sites (tertiary alicyclic amines) is 1. The van der Waals surface area contributed by atoms with Gasteiger partial charge in [0.25, 0.3) is 0 Å². The Kier molecular flexibility index (Phi) is 10.4. The zero-order valence-electron chi connectivity index (χ0n) is 23.5. The first kappa shape index (κ1) is 28.7. The number of hydrogen-bond acceptors (Lipinski definition) is 3. The summed E-state index contributed by atoms with van der Waals surface area (Å²) in [7, 11) is 0. The Labute approximate surface area is 220 Å². The maximum Gasteiger partial charge on any atom is 0.126 e. The molecule has 0 saturated carbocycles. The number of rotatable bonds is 12. The molecule has 36 heavy (non-hydrogen) atoms. The van der Waals surface area contributed by atoms with E-state index in [2.05, 4.69) is 89.2 Å². The summed E-state index contributed by atoms with van der Waals surface area (Å²) in [5, 5.41) is 10.9. The molecule has 1 fully saturated rings. The van der Waals surface area contributed by atoms with Crippen molar-refractivity contribution in [1.82, 2.24) is 0 Å². The van der Waals surface area contributed by atoms with Crippen molar-refractivity contribution < 1.29 is 19.1 Å². The SMILES string of the molecule is CC(C)(C)CC(C)(C)c1ccc(OCCOC[C@H](O)C[N+]2(Cc3ccccc3)CCCCCC2)cc1. The van der Waals surface area contributed by atoms with E-state index in [1.165, 1.54) is 36.8 Å². The Balaban J connectivity index is 1.43. The Morgan fingerprint density at radius 2 is 1.47 bits per heavy atom. The van der Waals surface area contributed by atoms with Crippen molar-refractivity contribution in [2.24, 2.45) is 5.41 Å². The standard InChI is InChI=1S/C32H50NO3/c1-31(2,3)26-32(4,5)28-15-17-30(18-16-28)36-22-21-35-25-29(34)24-33(19-11-6-7-12-20-33)23-27-13-9-8-10-14-27/h8-10,13-18,29,34H,6-7,11-12,19-26H2,1-5H3/q+1/t29-/m1/s1. The molecular weight excluding hydrogens is 446 g/mol. The highest BCUT2D eigenvalue weighted by atomic mass is 16.5. The molecule has 0 amide bonds. The van der Waals surface area contributed by atoms with E-state index >= 15 is 0 Å². The van der Waals surface area contributed by atoms with Gasteiger partial charge < -0.3 is 19.1 Å². The van der Waals surface area contributed by atoms with Gasteiger partial charge in [0.15, 0.2) is 0 Å². The van der Waals surface area contributed by atoms with Gasteiger partial charge in [0, 0.05) is 5.56 Å². The molecule has 3 rings (SSSR count). The number of benzene rings is 2. The van der Waals surface area contributed by atoms with Crippen molar-refractivity contribution in [2.45, 2.75) is 84.8 Å². The summed E-state index contributed by atoms with van der Waals surface area (Å²) in [6, 6.07) is 19.2. The molecule has 1 aliphatic heterocycles. The molecule has 4 heteroatoms. The van der Waals surface area contributed by atoms with Gasteiger partial charge >= 0.3 is 0 Å². The summed E-state index contributed by atoms with van der Waals surface area (Å²) < 4.78 is 12.7. The largest absolute Gasteiger partial charge is 0.491 e. The van der Waals surface area contributed by atoms with Crippen LogP contribution in [0.25, 0.3) is 0 Å². The van der Waals surface area contributed by atoms with E-state index in [1.807, 2.05) is 0 Å². The average molecular weight is 497 g/mol. The molecule has 2 aromatic carbocycles. The second kappa shape index (κ2) is 13.1. The summed E-state index contributed by atoms with van der Waals surface area (Å²) in [5.74, 6) is 0.867. The Morgan fingerprint density at radius 3 is 2.08 bits per heavy atom. The van der Waals surface area contributed by atoms with Crippen molar-refractivity contribution in [3.8, 4) is 5.75 Å². The molecule has 0 aromatic heterocycles. The molecule has 0 spiro atoms. The van der Waals surface area contributed by atoms with Crippen molar-refractivity contribution in [1.29, 1.82) is 0 Å². The summed E-state index contributed by atoms with van der Waals surface area (Å²) in [4.78, 5) is 0. The molecule has 1 atom stereocenters. The Morgan fingerprint density at radius 1 is 0.833 bits per heavy atom. The van der Waals surface area contributed by atoms with E-state index in [4.69, 9.17) is 9.47 Å². The molecule has 0 aliphatic carbocycles. The van der Waals surface area contributed by atoms with Crippen LogP contribution < -0.4 is 4.74 Å². The van der Waals surface area contributed by atoms with Gasteiger partial charge in [-0.1, -0.05) is 77.1 Å². The van der Waals surface area contributed by atoms with E-state index in [-0.39, 0.29) is 10.8 Å². The molecule has 0 bridgehead atoms. The average Bonchev–Trinajstić information content (AvgIpc) is 3.03. The van der Waals surface area contributed by atoms with Crippen molar-refractivity contribution in [2.75, 3.05) is 39.5 Å². The van der Waals surface area contributed by atoms with Crippen LogP contribution in [-0.2, 0) is 16.7 Å². The van der Waals surface area contributed by atoms with Crippen LogP contribution in [-0.4, -0.2) is 55.1 Å². The number of ether oxygens (including phenoxy) is 2. The summed E-state index contributed by atoms with van der Waals surface area (Å²) in [6.07, 6.45) is 5.74. The highest BCUT2D eigenvalue weighted by molar-refractivity contribution is 5.31. The maximum absolute atomic E-state index is 10.9. The monoisotopic (exact) mass is 496 g/mol. The fourth-order valence-electron chi connectivity index (χ4n) is 6.10. The molecule has 0 unspecified atom stereocenters. The Hall–Kier alpha value is -1.88. The van der Waals surface area contributed by atoms with Gasteiger partial charge in [-0.15, -0.1) is 0 Å². The first-order valence-corrected chi connectivity index (χ1v) is 14.0. The van der Waals surface area contributed by atoms with Gasteiger partial charge in [0.05, 0.1) is 26.3 Å². The van der Waals surface area contributed by atoms with Crippen molar-refractivity contribution in [3.63, 3.8) is 0 Å². The van der Waals surface area contributed by atoms with Crippen LogP contribution in [0.2, 0.25) is 0 Å². The maximum atomic E-state index is 10.9. The first-order chi connectivity index (χ1) is 17.1. The van der Waals surface area contributed by atoms with Crippen molar-refractivity contribution >= 4 is 0 Å². The van der Waals surface area contributed by atoms with E-state index in [9.17, 15) is 5.11 Å². The summed E-state index contributed by atoms with van der Waals surface area (Å²) >= 11 is 0. The zero-order valence-corrected chi connectivity index (χ0v) is 23.5. The lowest BCUT2D eigenvalue weighted by atomic mass is 9.72. The molecule has 0 radical (unpaired) electrons. The zero-order chi connectivity index (χ0) is 26.1.